The maximum atomic E-state index is 11.5. The maximum Gasteiger partial charge on any atom is 0.145 e. The predicted molar refractivity (Wildman–Crippen MR) is 109 cm³/mol. The maximum absolute atomic E-state index is 11.5. The van der Waals surface area contributed by atoms with E-state index in [0.717, 1.165) is 9.28 Å². The zero-order chi connectivity index (χ0) is 16.8. The topological polar surface area (TPSA) is 17.1 Å². The largest absolute Gasteiger partial charge is 0.298 e. The van der Waals surface area contributed by atoms with Crippen molar-refractivity contribution in [1.29, 1.82) is 0 Å². The minimum absolute atomic E-state index is 0.194. The van der Waals surface area contributed by atoms with E-state index in [1.165, 1.54) is 76.0 Å². The van der Waals surface area contributed by atoms with Gasteiger partial charge in [-0.25, -0.2) is 0 Å². The first kappa shape index (κ1) is 22.5. The molecule has 0 spiro atoms. The lowest BCUT2D eigenvalue weighted by atomic mass is 10.1. The van der Waals surface area contributed by atoms with Gasteiger partial charge in [-0.05, 0) is 32.9 Å². The second kappa shape index (κ2) is 13.9. The van der Waals surface area contributed by atoms with E-state index in [-0.39, 0.29) is 10.5 Å². The molecule has 0 unspecified atom stereocenters. The smallest absolute Gasteiger partial charge is 0.145 e. The van der Waals surface area contributed by atoms with Crippen LogP contribution in [0.3, 0.4) is 0 Å². The Morgan fingerprint density at radius 3 is 1.82 bits per heavy atom. The molecule has 0 aromatic heterocycles. The summed E-state index contributed by atoms with van der Waals surface area (Å²) >= 11 is 8.64. The van der Waals surface area contributed by atoms with Crippen molar-refractivity contribution < 1.29 is 4.79 Å². The Morgan fingerprint density at radius 2 is 1.36 bits per heavy atom. The van der Waals surface area contributed by atoms with Crippen LogP contribution in [-0.2, 0) is 4.79 Å². The quantitative estimate of drug-likeness (QED) is 0.258. The van der Waals surface area contributed by atoms with E-state index in [4.69, 9.17) is 12.2 Å². The van der Waals surface area contributed by atoms with Crippen molar-refractivity contribution in [3.63, 3.8) is 0 Å². The molecule has 0 aromatic carbocycles. The van der Waals surface area contributed by atoms with Crippen LogP contribution in [0.25, 0.3) is 0 Å². The molecular weight excluding hydrogens is 328 g/mol. The van der Waals surface area contributed by atoms with Crippen LogP contribution in [0.5, 0.6) is 0 Å². The van der Waals surface area contributed by atoms with Gasteiger partial charge in [-0.1, -0.05) is 88.7 Å². The van der Waals surface area contributed by atoms with Crippen molar-refractivity contribution in [3.05, 3.63) is 0 Å². The molecule has 0 N–H and O–H groups in total. The van der Waals surface area contributed by atoms with Crippen molar-refractivity contribution in [2.24, 2.45) is 0 Å². The molecule has 0 bridgehead atoms. The summed E-state index contributed by atoms with van der Waals surface area (Å²) in [6, 6.07) is 0. The Hall–Kier alpha value is 0.460. The highest BCUT2D eigenvalue weighted by Gasteiger charge is 2.26. The number of hydrogen-bond acceptors (Lipinski definition) is 4. The van der Waals surface area contributed by atoms with Crippen LogP contribution in [0.2, 0.25) is 0 Å². The average Bonchev–Trinajstić information content (AvgIpc) is 2.44. The van der Waals surface area contributed by atoms with Crippen molar-refractivity contribution in [2.45, 2.75) is 96.7 Å². The molecule has 0 rings (SSSR count). The van der Waals surface area contributed by atoms with E-state index in [1.54, 1.807) is 18.7 Å². The van der Waals surface area contributed by atoms with Gasteiger partial charge in [0.25, 0.3) is 0 Å². The van der Waals surface area contributed by atoms with Crippen molar-refractivity contribution >= 4 is 45.1 Å². The monoisotopic (exact) mass is 362 g/mol. The third-order valence-corrected chi connectivity index (χ3v) is 6.80. The SMILES string of the molecule is CCCCCCCCCCCCSC(=S)SC(C)(C)C(C)=O. The number of hydrogen-bond donors (Lipinski definition) is 0. The van der Waals surface area contributed by atoms with Crippen LogP contribution in [0.4, 0.5) is 0 Å². The first-order valence-electron chi connectivity index (χ1n) is 8.77. The number of carbonyl (C=O) groups is 1. The molecule has 0 saturated carbocycles. The van der Waals surface area contributed by atoms with Crippen LogP contribution in [0.15, 0.2) is 0 Å². The molecule has 0 atom stereocenters. The van der Waals surface area contributed by atoms with Crippen LogP contribution in [-0.4, -0.2) is 19.8 Å². The Bertz CT molecular complexity index is 313. The van der Waals surface area contributed by atoms with Crippen molar-refractivity contribution in [1.82, 2.24) is 0 Å². The highest BCUT2D eigenvalue weighted by atomic mass is 32.2. The Morgan fingerprint density at radius 1 is 0.909 bits per heavy atom. The van der Waals surface area contributed by atoms with E-state index in [2.05, 4.69) is 6.92 Å². The fraction of sp³-hybridized carbons (Fsp3) is 0.889. The number of rotatable bonds is 13. The molecule has 0 radical (unpaired) electrons. The first-order chi connectivity index (χ1) is 10.4. The number of thiocarbonyl (C=S) groups is 1. The molecule has 0 aromatic rings. The van der Waals surface area contributed by atoms with Gasteiger partial charge in [0, 0.05) is 0 Å². The van der Waals surface area contributed by atoms with Gasteiger partial charge in [0.15, 0.2) is 0 Å². The molecule has 0 aliphatic rings. The summed E-state index contributed by atoms with van der Waals surface area (Å²) in [5.41, 5.74) is 0. The van der Waals surface area contributed by atoms with E-state index in [0.29, 0.717) is 0 Å². The average molecular weight is 363 g/mol. The van der Waals surface area contributed by atoms with E-state index < -0.39 is 0 Å². The van der Waals surface area contributed by atoms with Gasteiger partial charge in [0.05, 0.1) is 4.75 Å². The van der Waals surface area contributed by atoms with Gasteiger partial charge in [0.2, 0.25) is 0 Å². The minimum Gasteiger partial charge on any atom is -0.298 e. The first-order valence-corrected chi connectivity index (χ1v) is 11.0. The Balaban J connectivity index is 3.39. The summed E-state index contributed by atoms with van der Waals surface area (Å²) in [6.07, 6.45) is 13.7. The van der Waals surface area contributed by atoms with E-state index >= 15 is 0 Å². The Labute approximate surface area is 152 Å². The third-order valence-electron chi connectivity index (χ3n) is 3.90. The van der Waals surface area contributed by atoms with Crippen LogP contribution >= 0.6 is 35.7 Å². The molecule has 130 valence electrons. The zero-order valence-corrected chi connectivity index (χ0v) is 17.4. The number of unbranched alkanes of at least 4 members (excludes halogenated alkanes) is 9. The van der Waals surface area contributed by atoms with Crippen LogP contribution in [0.1, 0.15) is 91.9 Å². The molecular formula is C18H34OS3. The van der Waals surface area contributed by atoms with Crippen LogP contribution < -0.4 is 0 Å². The fourth-order valence-electron chi connectivity index (χ4n) is 2.05. The summed E-state index contributed by atoms with van der Waals surface area (Å²) in [5.74, 6) is 1.29. The van der Waals surface area contributed by atoms with E-state index in [9.17, 15) is 4.79 Å². The number of carbonyl (C=O) groups excluding carboxylic acids is 1. The van der Waals surface area contributed by atoms with Gasteiger partial charge >= 0.3 is 0 Å². The second-order valence-electron chi connectivity index (χ2n) is 6.45. The van der Waals surface area contributed by atoms with Gasteiger partial charge in [-0.15, -0.1) is 11.8 Å². The van der Waals surface area contributed by atoms with Gasteiger partial charge < -0.3 is 0 Å². The number of thioether (sulfide) groups is 2. The third kappa shape index (κ3) is 13.0. The van der Waals surface area contributed by atoms with Crippen molar-refractivity contribution in [3.8, 4) is 0 Å². The van der Waals surface area contributed by atoms with Gasteiger partial charge in [0.1, 0.15) is 9.31 Å². The minimum atomic E-state index is -0.373. The normalized spacial score (nSPS) is 11.6. The molecule has 0 aliphatic heterocycles. The Kier molecular flexibility index (Phi) is 14.1. The summed E-state index contributed by atoms with van der Waals surface area (Å²) in [6.45, 7) is 7.81. The summed E-state index contributed by atoms with van der Waals surface area (Å²) < 4.78 is 0.540. The highest BCUT2D eigenvalue weighted by molar-refractivity contribution is 8.47. The lowest BCUT2D eigenvalue weighted by molar-refractivity contribution is -0.118. The molecule has 0 saturated heterocycles. The van der Waals surface area contributed by atoms with Gasteiger partial charge in [-0.3, -0.25) is 4.79 Å². The summed E-state index contributed by atoms with van der Waals surface area (Å²) in [4.78, 5) is 11.5. The molecule has 22 heavy (non-hydrogen) atoms. The number of Topliss-reactive ketones (excluding diaryl/α,β-unsaturated/α-hetero) is 1. The fourth-order valence-corrected chi connectivity index (χ4v) is 5.12. The zero-order valence-electron chi connectivity index (χ0n) is 14.9. The molecule has 0 aliphatic carbocycles. The summed E-state index contributed by atoms with van der Waals surface area (Å²) in [5, 5.41) is 0. The van der Waals surface area contributed by atoms with Gasteiger partial charge in [-0.2, -0.15) is 0 Å². The predicted octanol–water partition coefficient (Wildman–Crippen LogP) is 7.03. The lowest BCUT2D eigenvalue weighted by Crippen LogP contribution is -2.25. The summed E-state index contributed by atoms with van der Waals surface area (Å²) in [7, 11) is 0. The molecule has 1 nitrogen and oxygen atoms in total. The molecule has 0 amide bonds. The molecule has 0 heterocycles. The van der Waals surface area contributed by atoms with E-state index in [1.807, 2.05) is 13.8 Å². The standard InChI is InChI=1S/C18H34OS3/c1-5-6-7-8-9-10-11-12-13-14-15-21-17(20)22-18(3,4)16(2)19/h5-15H2,1-4H3. The lowest BCUT2D eigenvalue weighted by Gasteiger charge is -2.20. The molecule has 4 heteroatoms. The highest BCUT2D eigenvalue weighted by Crippen LogP contribution is 2.31. The molecule has 0 fully saturated rings. The number of ketones is 1. The van der Waals surface area contributed by atoms with Crippen LogP contribution in [0, 0.1) is 0 Å². The van der Waals surface area contributed by atoms with Crippen molar-refractivity contribution in [2.75, 3.05) is 5.75 Å². The second-order valence-corrected chi connectivity index (χ2v) is 10.4.